The topological polar surface area (TPSA) is 58.7 Å². The number of likely N-dealkylation sites (N-methyl/N-ethyl adjacent to an activating group) is 1. The maximum Gasteiger partial charge on any atom is 0.118 e. The van der Waals surface area contributed by atoms with E-state index in [1.807, 2.05) is 19.2 Å². The fourth-order valence-corrected chi connectivity index (χ4v) is 3.35. The lowest BCUT2D eigenvalue weighted by molar-refractivity contribution is 0.0663. The fourth-order valence-electron chi connectivity index (χ4n) is 2.84. The van der Waals surface area contributed by atoms with Crippen molar-refractivity contribution in [2.75, 3.05) is 26.4 Å². The van der Waals surface area contributed by atoms with Crippen molar-refractivity contribution >= 4 is 28.9 Å². The summed E-state index contributed by atoms with van der Waals surface area (Å²) in [6.07, 6.45) is 1.19. The Kier molecular flexibility index (Phi) is 7.40. The average Bonchev–Trinajstić information content (AvgIpc) is 2.64. The Labute approximate surface area is 171 Å². The summed E-state index contributed by atoms with van der Waals surface area (Å²) in [5.41, 5.74) is 7.93. The first kappa shape index (κ1) is 21.8. The van der Waals surface area contributed by atoms with Crippen LogP contribution in [-0.2, 0) is 6.42 Å². The van der Waals surface area contributed by atoms with Gasteiger partial charge < -0.3 is 15.6 Å². The number of aliphatic hydroxyl groups excluding tert-OH is 1. The van der Waals surface area contributed by atoms with E-state index in [0.717, 1.165) is 18.6 Å². The summed E-state index contributed by atoms with van der Waals surface area (Å²) in [5, 5.41) is 11.3. The number of methoxy groups -OCH3 is 1. The predicted molar refractivity (Wildman–Crippen MR) is 114 cm³/mol. The van der Waals surface area contributed by atoms with Gasteiger partial charge >= 0.3 is 0 Å². The number of ether oxygens (including phenoxy) is 1. The standard InChI is InChI=1S/C21H28Cl2N2O2/c1-21(2,10-9-14-5-7-16(27-4)8-6-14)25(3)13-19(26)15-11-17(22)20(24)18(23)12-15/h5-8,11-12,19,26H,9-10,13,24H2,1-4H3. The zero-order valence-electron chi connectivity index (χ0n) is 16.3. The van der Waals surface area contributed by atoms with Crippen LogP contribution >= 0.6 is 23.2 Å². The molecule has 0 bridgehead atoms. The lowest BCUT2D eigenvalue weighted by Gasteiger charge is -2.37. The van der Waals surface area contributed by atoms with Crippen molar-refractivity contribution in [2.45, 2.75) is 38.3 Å². The number of β-amino-alcohol motifs (C(OH)–C–C–N with tert-alkyl or cyclic N) is 1. The van der Waals surface area contributed by atoms with Crippen LogP contribution in [0, 0.1) is 0 Å². The van der Waals surface area contributed by atoms with Crippen LogP contribution < -0.4 is 10.5 Å². The van der Waals surface area contributed by atoms with Gasteiger partial charge in [0.25, 0.3) is 0 Å². The Hall–Kier alpha value is -1.46. The van der Waals surface area contributed by atoms with Crippen LogP contribution in [0.4, 0.5) is 5.69 Å². The molecule has 0 amide bonds. The van der Waals surface area contributed by atoms with Gasteiger partial charge in [0, 0.05) is 12.1 Å². The molecular weight excluding hydrogens is 383 g/mol. The molecule has 0 aliphatic rings. The SMILES string of the molecule is COc1ccc(CCC(C)(C)N(C)CC(O)c2cc(Cl)c(N)c(Cl)c2)cc1. The van der Waals surface area contributed by atoms with Crippen LogP contribution in [0.2, 0.25) is 10.0 Å². The monoisotopic (exact) mass is 410 g/mol. The molecule has 27 heavy (non-hydrogen) atoms. The van der Waals surface area contributed by atoms with Crippen molar-refractivity contribution in [3.8, 4) is 5.75 Å². The third kappa shape index (κ3) is 5.76. The van der Waals surface area contributed by atoms with Gasteiger partial charge in [-0.2, -0.15) is 0 Å². The van der Waals surface area contributed by atoms with Crippen molar-refractivity contribution in [2.24, 2.45) is 0 Å². The molecule has 148 valence electrons. The van der Waals surface area contributed by atoms with Crippen molar-refractivity contribution in [3.63, 3.8) is 0 Å². The van der Waals surface area contributed by atoms with Gasteiger partial charge in [0.15, 0.2) is 0 Å². The van der Waals surface area contributed by atoms with E-state index in [9.17, 15) is 5.11 Å². The summed E-state index contributed by atoms with van der Waals surface area (Å²) in [4.78, 5) is 2.15. The molecule has 0 aliphatic heterocycles. The number of halogens is 2. The summed E-state index contributed by atoms with van der Waals surface area (Å²) < 4.78 is 5.20. The number of nitrogen functional groups attached to an aromatic ring is 1. The largest absolute Gasteiger partial charge is 0.497 e. The number of benzene rings is 2. The summed E-state index contributed by atoms with van der Waals surface area (Å²) in [6.45, 7) is 4.81. The highest BCUT2D eigenvalue weighted by Gasteiger charge is 2.26. The third-order valence-electron chi connectivity index (χ3n) is 5.15. The van der Waals surface area contributed by atoms with Gasteiger partial charge in [0.1, 0.15) is 5.75 Å². The number of aliphatic hydroxyl groups is 1. The molecule has 2 aromatic carbocycles. The second kappa shape index (κ2) is 9.16. The van der Waals surface area contributed by atoms with Crippen molar-refractivity contribution in [3.05, 3.63) is 57.6 Å². The molecule has 0 saturated carbocycles. The first-order valence-electron chi connectivity index (χ1n) is 8.90. The summed E-state index contributed by atoms with van der Waals surface area (Å²) in [7, 11) is 3.68. The predicted octanol–water partition coefficient (Wildman–Crippen LogP) is 4.96. The summed E-state index contributed by atoms with van der Waals surface area (Å²) >= 11 is 12.2. The molecule has 2 rings (SSSR count). The number of hydrogen-bond donors (Lipinski definition) is 2. The fraction of sp³-hybridized carbons (Fsp3) is 0.429. The zero-order valence-corrected chi connectivity index (χ0v) is 17.8. The summed E-state index contributed by atoms with van der Waals surface area (Å²) in [5.74, 6) is 0.860. The van der Waals surface area contributed by atoms with Gasteiger partial charge in [0.05, 0.1) is 28.9 Å². The van der Waals surface area contributed by atoms with Crippen molar-refractivity contribution in [1.82, 2.24) is 4.90 Å². The molecule has 0 aromatic heterocycles. The minimum absolute atomic E-state index is 0.0949. The van der Waals surface area contributed by atoms with Crippen molar-refractivity contribution in [1.29, 1.82) is 0 Å². The average molecular weight is 411 g/mol. The molecule has 0 radical (unpaired) electrons. The van der Waals surface area contributed by atoms with Gasteiger partial charge in [0.2, 0.25) is 0 Å². The Morgan fingerprint density at radius 1 is 1.15 bits per heavy atom. The van der Waals surface area contributed by atoms with Gasteiger partial charge in [-0.1, -0.05) is 35.3 Å². The van der Waals surface area contributed by atoms with E-state index in [2.05, 4.69) is 30.9 Å². The van der Waals surface area contributed by atoms with E-state index in [0.29, 0.717) is 27.8 Å². The number of nitrogens with two attached hydrogens (primary N) is 1. The minimum atomic E-state index is -0.703. The number of rotatable bonds is 8. The van der Waals surface area contributed by atoms with Crippen LogP contribution in [0.25, 0.3) is 0 Å². The van der Waals surface area contributed by atoms with Crippen LogP contribution in [0.15, 0.2) is 36.4 Å². The number of nitrogens with zero attached hydrogens (tertiary/aromatic N) is 1. The number of hydrogen-bond acceptors (Lipinski definition) is 4. The van der Waals surface area contributed by atoms with Crippen LogP contribution in [0.5, 0.6) is 5.75 Å². The lowest BCUT2D eigenvalue weighted by Crippen LogP contribution is -2.43. The second-order valence-corrected chi connectivity index (χ2v) is 8.27. The Morgan fingerprint density at radius 3 is 2.22 bits per heavy atom. The molecule has 1 unspecified atom stereocenters. The van der Waals surface area contributed by atoms with E-state index in [1.165, 1.54) is 5.56 Å². The molecule has 0 fully saturated rings. The molecule has 4 nitrogen and oxygen atoms in total. The minimum Gasteiger partial charge on any atom is -0.497 e. The quantitative estimate of drug-likeness (QED) is 0.603. The van der Waals surface area contributed by atoms with E-state index in [-0.39, 0.29) is 5.54 Å². The smallest absolute Gasteiger partial charge is 0.118 e. The Balaban J connectivity index is 1.98. The van der Waals surface area contributed by atoms with Crippen LogP contribution in [0.3, 0.4) is 0 Å². The van der Waals surface area contributed by atoms with E-state index in [1.54, 1.807) is 19.2 Å². The number of aryl methyl sites for hydroxylation is 1. The van der Waals surface area contributed by atoms with Gasteiger partial charge in [-0.15, -0.1) is 0 Å². The maximum atomic E-state index is 10.6. The lowest BCUT2D eigenvalue weighted by atomic mass is 9.93. The molecule has 0 saturated heterocycles. The third-order valence-corrected chi connectivity index (χ3v) is 5.78. The first-order chi connectivity index (χ1) is 12.6. The molecule has 2 aromatic rings. The van der Waals surface area contributed by atoms with Crippen molar-refractivity contribution < 1.29 is 9.84 Å². The second-order valence-electron chi connectivity index (χ2n) is 7.46. The van der Waals surface area contributed by atoms with E-state index in [4.69, 9.17) is 33.7 Å². The van der Waals surface area contributed by atoms with Crippen LogP contribution in [0.1, 0.15) is 37.5 Å². The molecule has 6 heteroatoms. The van der Waals surface area contributed by atoms with Gasteiger partial charge in [-0.05, 0) is 69.1 Å². The summed E-state index contributed by atoms with van der Waals surface area (Å²) in [6, 6.07) is 11.5. The molecule has 0 spiro atoms. The molecular formula is C21H28Cl2N2O2. The Bertz CT molecular complexity index is 740. The van der Waals surface area contributed by atoms with Gasteiger partial charge in [-0.25, -0.2) is 0 Å². The zero-order chi connectivity index (χ0) is 20.2. The van der Waals surface area contributed by atoms with E-state index < -0.39 is 6.10 Å². The van der Waals surface area contributed by atoms with Crippen LogP contribution in [-0.4, -0.2) is 36.2 Å². The van der Waals surface area contributed by atoms with E-state index >= 15 is 0 Å². The normalized spacial score (nSPS) is 13.0. The highest BCUT2D eigenvalue weighted by Crippen LogP contribution is 2.32. The molecule has 1 atom stereocenters. The molecule has 0 aliphatic carbocycles. The molecule has 3 N–H and O–H groups in total. The highest BCUT2D eigenvalue weighted by molar-refractivity contribution is 6.38. The first-order valence-corrected chi connectivity index (χ1v) is 9.66. The number of anilines is 1. The Morgan fingerprint density at radius 2 is 1.70 bits per heavy atom. The maximum absolute atomic E-state index is 10.6. The molecule has 0 heterocycles. The highest BCUT2D eigenvalue weighted by atomic mass is 35.5. The van der Waals surface area contributed by atoms with Gasteiger partial charge in [-0.3, -0.25) is 4.90 Å².